The van der Waals surface area contributed by atoms with Gasteiger partial charge in [-0.1, -0.05) is 25.7 Å². The van der Waals surface area contributed by atoms with Crippen LogP contribution in [-0.2, 0) is 4.79 Å². The predicted molar refractivity (Wildman–Crippen MR) is 79.0 cm³/mol. The average molecular weight is 291 g/mol. The Hall–Kier alpha value is -2.11. The quantitative estimate of drug-likeness (QED) is 0.744. The summed E-state index contributed by atoms with van der Waals surface area (Å²) in [5, 5.41) is 14.9. The van der Waals surface area contributed by atoms with E-state index < -0.39 is 17.4 Å². The van der Waals surface area contributed by atoms with Gasteiger partial charge in [0, 0.05) is 12.7 Å². The third-order valence-electron chi connectivity index (χ3n) is 4.02. The second-order valence-electron chi connectivity index (χ2n) is 5.55. The lowest BCUT2D eigenvalue weighted by molar-refractivity contribution is -0.149. The van der Waals surface area contributed by atoms with E-state index in [1.807, 2.05) is 0 Å². The van der Waals surface area contributed by atoms with Gasteiger partial charge in [-0.15, -0.1) is 0 Å². The maximum absolute atomic E-state index is 11.9. The number of urea groups is 1. The lowest BCUT2D eigenvalue weighted by atomic mass is 9.80. The zero-order valence-electron chi connectivity index (χ0n) is 12.0. The van der Waals surface area contributed by atoms with Crippen LogP contribution in [0, 0.1) is 5.41 Å². The van der Waals surface area contributed by atoms with Gasteiger partial charge in [0.25, 0.3) is 0 Å². The molecule has 2 rings (SSSR count). The molecule has 1 heterocycles. The van der Waals surface area contributed by atoms with Gasteiger partial charge in [-0.3, -0.25) is 9.78 Å². The van der Waals surface area contributed by atoms with E-state index in [-0.39, 0.29) is 6.54 Å². The Balaban J connectivity index is 1.92. The number of nitrogens with zero attached hydrogens (tertiary/aromatic N) is 1. The summed E-state index contributed by atoms with van der Waals surface area (Å²) in [5.41, 5.74) is -0.247. The van der Waals surface area contributed by atoms with Crippen molar-refractivity contribution in [2.45, 2.75) is 38.5 Å². The molecule has 1 saturated carbocycles. The standard InChI is InChI=1S/C15H21N3O3/c19-13(20)15(7-3-1-2-4-8-15)11-17-14(21)18-12-6-5-9-16-10-12/h5-6,9-10H,1-4,7-8,11H2,(H,19,20)(H2,17,18,21). The van der Waals surface area contributed by atoms with Crippen LogP contribution in [0.25, 0.3) is 0 Å². The molecule has 1 aromatic rings. The number of rotatable bonds is 4. The molecule has 0 unspecified atom stereocenters. The maximum atomic E-state index is 11.9. The molecule has 21 heavy (non-hydrogen) atoms. The summed E-state index contributed by atoms with van der Waals surface area (Å²) in [6.07, 6.45) is 8.33. The highest BCUT2D eigenvalue weighted by molar-refractivity contribution is 5.89. The van der Waals surface area contributed by atoms with Crippen LogP contribution >= 0.6 is 0 Å². The summed E-state index contributed by atoms with van der Waals surface area (Å²) in [7, 11) is 0. The molecule has 2 amide bonds. The van der Waals surface area contributed by atoms with E-state index in [4.69, 9.17) is 0 Å². The summed E-state index contributed by atoms with van der Waals surface area (Å²) in [6, 6.07) is 3.05. The van der Waals surface area contributed by atoms with Crippen LogP contribution in [0.1, 0.15) is 38.5 Å². The number of carbonyl (C=O) groups excluding carboxylic acids is 1. The molecule has 1 aliphatic carbocycles. The number of anilines is 1. The van der Waals surface area contributed by atoms with E-state index in [1.54, 1.807) is 18.3 Å². The minimum Gasteiger partial charge on any atom is -0.481 e. The number of carbonyl (C=O) groups is 2. The molecule has 0 atom stereocenters. The van der Waals surface area contributed by atoms with E-state index in [2.05, 4.69) is 15.6 Å². The number of hydrogen-bond donors (Lipinski definition) is 3. The SMILES string of the molecule is O=C(NCC1(C(=O)O)CCCCCC1)Nc1cccnc1. The minimum absolute atomic E-state index is 0.161. The molecule has 6 heteroatoms. The molecule has 1 fully saturated rings. The third-order valence-corrected chi connectivity index (χ3v) is 4.02. The molecule has 0 saturated heterocycles. The summed E-state index contributed by atoms with van der Waals surface area (Å²) < 4.78 is 0. The predicted octanol–water partition coefficient (Wildman–Crippen LogP) is 2.63. The highest BCUT2D eigenvalue weighted by Crippen LogP contribution is 2.34. The average Bonchev–Trinajstić information content (AvgIpc) is 2.73. The second kappa shape index (κ2) is 7.06. The van der Waals surface area contributed by atoms with Crippen molar-refractivity contribution in [1.82, 2.24) is 10.3 Å². The van der Waals surface area contributed by atoms with Crippen molar-refractivity contribution in [3.8, 4) is 0 Å². The molecular weight excluding hydrogens is 270 g/mol. The first-order valence-electron chi connectivity index (χ1n) is 7.31. The summed E-state index contributed by atoms with van der Waals surface area (Å²) in [6.45, 7) is 0.161. The van der Waals surface area contributed by atoms with Gasteiger partial charge in [-0.2, -0.15) is 0 Å². The van der Waals surface area contributed by atoms with E-state index in [9.17, 15) is 14.7 Å². The van der Waals surface area contributed by atoms with E-state index >= 15 is 0 Å². The van der Waals surface area contributed by atoms with E-state index in [1.165, 1.54) is 6.20 Å². The Morgan fingerprint density at radius 1 is 1.24 bits per heavy atom. The van der Waals surface area contributed by atoms with Crippen LogP contribution in [0.3, 0.4) is 0 Å². The van der Waals surface area contributed by atoms with Crippen molar-refractivity contribution in [1.29, 1.82) is 0 Å². The summed E-state index contributed by atoms with van der Waals surface area (Å²) in [4.78, 5) is 27.4. The monoisotopic (exact) mass is 291 g/mol. The molecular formula is C15H21N3O3. The summed E-state index contributed by atoms with van der Waals surface area (Å²) >= 11 is 0. The number of aromatic nitrogens is 1. The topological polar surface area (TPSA) is 91.3 Å². The molecule has 0 aliphatic heterocycles. The van der Waals surface area contributed by atoms with Crippen LogP contribution in [0.15, 0.2) is 24.5 Å². The first kappa shape index (κ1) is 15.3. The fraction of sp³-hybridized carbons (Fsp3) is 0.533. The number of carboxylic acid groups (broad SMARTS) is 1. The number of aliphatic carboxylic acids is 1. The number of hydrogen-bond acceptors (Lipinski definition) is 3. The smallest absolute Gasteiger partial charge is 0.319 e. The number of carboxylic acids is 1. The largest absolute Gasteiger partial charge is 0.481 e. The normalized spacial score (nSPS) is 17.5. The zero-order chi connectivity index (χ0) is 15.1. The van der Waals surface area contributed by atoms with Gasteiger partial charge in [-0.05, 0) is 25.0 Å². The van der Waals surface area contributed by atoms with Crippen molar-refractivity contribution < 1.29 is 14.7 Å². The Morgan fingerprint density at radius 3 is 2.52 bits per heavy atom. The van der Waals surface area contributed by atoms with Crippen LogP contribution < -0.4 is 10.6 Å². The molecule has 1 aromatic heterocycles. The number of amides is 2. The Bertz CT molecular complexity index is 482. The minimum atomic E-state index is -0.831. The van der Waals surface area contributed by atoms with Crippen molar-refractivity contribution in [3.05, 3.63) is 24.5 Å². The van der Waals surface area contributed by atoms with Gasteiger partial charge in [0.15, 0.2) is 0 Å². The number of pyridine rings is 1. The van der Waals surface area contributed by atoms with Gasteiger partial charge in [-0.25, -0.2) is 4.79 Å². The fourth-order valence-corrected chi connectivity index (χ4v) is 2.73. The molecule has 114 valence electrons. The van der Waals surface area contributed by atoms with Gasteiger partial charge >= 0.3 is 12.0 Å². The lowest BCUT2D eigenvalue weighted by Crippen LogP contribution is -2.44. The van der Waals surface area contributed by atoms with Gasteiger partial charge in [0.05, 0.1) is 17.3 Å². The molecule has 1 aliphatic rings. The first-order valence-corrected chi connectivity index (χ1v) is 7.31. The third kappa shape index (κ3) is 4.18. The Kier molecular flexibility index (Phi) is 5.14. The summed E-state index contributed by atoms with van der Waals surface area (Å²) in [5.74, 6) is -0.814. The highest BCUT2D eigenvalue weighted by atomic mass is 16.4. The molecule has 6 nitrogen and oxygen atoms in total. The highest BCUT2D eigenvalue weighted by Gasteiger charge is 2.38. The molecule has 0 bridgehead atoms. The zero-order valence-corrected chi connectivity index (χ0v) is 12.0. The fourth-order valence-electron chi connectivity index (χ4n) is 2.73. The van der Waals surface area contributed by atoms with Crippen LogP contribution in [0.2, 0.25) is 0 Å². The van der Waals surface area contributed by atoms with Crippen molar-refractivity contribution in [2.24, 2.45) is 5.41 Å². The Labute approximate surface area is 124 Å². The Morgan fingerprint density at radius 2 is 1.95 bits per heavy atom. The first-order chi connectivity index (χ1) is 10.1. The molecule has 0 aromatic carbocycles. The lowest BCUT2D eigenvalue weighted by Gasteiger charge is -2.28. The second-order valence-corrected chi connectivity index (χ2v) is 5.55. The molecule has 0 radical (unpaired) electrons. The molecule has 0 spiro atoms. The van der Waals surface area contributed by atoms with Crippen molar-refractivity contribution in [3.63, 3.8) is 0 Å². The van der Waals surface area contributed by atoms with Crippen LogP contribution in [-0.4, -0.2) is 28.6 Å². The van der Waals surface area contributed by atoms with Gasteiger partial charge < -0.3 is 15.7 Å². The van der Waals surface area contributed by atoms with Crippen molar-refractivity contribution >= 4 is 17.7 Å². The number of nitrogens with one attached hydrogen (secondary N) is 2. The van der Waals surface area contributed by atoms with Crippen LogP contribution in [0.4, 0.5) is 10.5 Å². The van der Waals surface area contributed by atoms with Crippen LogP contribution in [0.5, 0.6) is 0 Å². The van der Waals surface area contributed by atoms with Gasteiger partial charge in [0.1, 0.15) is 0 Å². The van der Waals surface area contributed by atoms with Crippen molar-refractivity contribution in [2.75, 3.05) is 11.9 Å². The molecule has 3 N–H and O–H groups in total. The van der Waals surface area contributed by atoms with E-state index in [0.717, 1.165) is 25.7 Å². The van der Waals surface area contributed by atoms with Gasteiger partial charge in [0.2, 0.25) is 0 Å². The maximum Gasteiger partial charge on any atom is 0.319 e. The van der Waals surface area contributed by atoms with E-state index in [0.29, 0.717) is 18.5 Å².